The first-order valence-electron chi connectivity index (χ1n) is 5.51. The minimum Gasteiger partial charge on any atom is -0.480 e. The molecule has 5 heteroatoms. The van der Waals surface area contributed by atoms with Crippen LogP contribution < -0.4 is 0 Å². The van der Waals surface area contributed by atoms with Crippen LogP contribution in [0.5, 0.6) is 0 Å². The normalized spacial score (nSPS) is 19.6. The Balaban J connectivity index is 2.71. The van der Waals surface area contributed by atoms with Gasteiger partial charge in [-0.05, 0) is 19.8 Å². The van der Waals surface area contributed by atoms with E-state index in [1.165, 1.54) is 4.90 Å². The number of hydrogen-bond donors (Lipinski definition) is 1. The molecule has 1 fully saturated rings. The summed E-state index contributed by atoms with van der Waals surface area (Å²) in [5.74, 6) is -0.916. The Bertz CT molecular complexity index is 291. The summed E-state index contributed by atoms with van der Waals surface area (Å²) in [6, 6.07) is -0.862. The SMILES string of the molecule is C=CCN(CC)C(=O)N1CCCC1C(=O)O. The van der Waals surface area contributed by atoms with Gasteiger partial charge in [0.1, 0.15) is 6.04 Å². The molecule has 0 aliphatic carbocycles. The number of rotatable bonds is 4. The van der Waals surface area contributed by atoms with Crippen molar-refractivity contribution in [3.8, 4) is 0 Å². The van der Waals surface area contributed by atoms with E-state index in [4.69, 9.17) is 5.11 Å². The molecule has 1 saturated heterocycles. The number of aliphatic carboxylic acids is 1. The third-order valence-electron chi connectivity index (χ3n) is 2.79. The monoisotopic (exact) mass is 226 g/mol. The Morgan fingerprint density at radius 1 is 1.62 bits per heavy atom. The number of nitrogens with zero attached hydrogens (tertiary/aromatic N) is 2. The summed E-state index contributed by atoms with van der Waals surface area (Å²) >= 11 is 0. The topological polar surface area (TPSA) is 60.9 Å². The Morgan fingerprint density at radius 3 is 2.81 bits per heavy atom. The zero-order valence-corrected chi connectivity index (χ0v) is 9.56. The van der Waals surface area contributed by atoms with Crippen LogP contribution in [0.15, 0.2) is 12.7 Å². The number of likely N-dealkylation sites (tertiary alicyclic amines) is 1. The molecule has 2 amide bonds. The molecule has 0 radical (unpaired) electrons. The van der Waals surface area contributed by atoms with Gasteiger partial charge in [-0.15, -0.1) is 6.58 Å². The van der Waals surface area contributed by atoms with Gasteiger partial charge in [0.2, 0.25) is 0 Å². The van der Waals surface area contributed by atoms with Gasteiger partial charge in [0.25, 0.3) is 0 Å². The van der Waals surface area contributed by atoms with Gasteiger partial charge >= 0.3 is 12.0 Å². The van der Waals surface area contributed by atoms with E-state index in [1.807, 2.05) is 6.92 Å². The summed E-state index contributed by atoms with van der Waals surface area (Å²) in [5.41, 5.74) is 0. The number of urea groups is 1. The molecule has 1 rings (SSSR count). The van der Waals surface area contributed by atoms with Crippen molar-refractivity contribution in [2.75, 3.05) is 19.6 Å². The Kier molecular flexibility index (Phi) is 4.34. The third kappa shape index (κ3) is 2.53. The summed E-state index contributed by atoms with van der Waals surface area (Å²) in [5, 5.41) is 8.98. The lowest BCUT2D eigenvalue weighted by molar-refractivity contribution is -0.141. The van der Waals surface area contributed by atoms with Gasteiger partial charge in [-0.1, -0.05) is 6.08 Å². The second-order valence-electron chi connectivity index (χ2n) is 3.80. The third-order valence-corrected chi connectivity index (χ3v) is 2.79. The Labute approximate surface area is 95.3 Å². The molecule has 1 aliphatic rings. The summed E-state index contributed by atoms with van der Waals surface area (Å²) in [6.45, 7) is 7.00. The molecule has 0 aromatic rings. The molecular weight excluding hydrogens is 208 g/mol. The zero-order valence-electron chi connectivity index (χ0n) is 9.56. The molecule has 0 aromatic heterocycles. The lowest BCUT2D eigenvalue weighted by atomic mass is 10.2. The van der Waals surface area contributed by atoms with Crippen molar-refractivity contribution < 1.29 is 14.7 Å². The molecule has 1 heterocycles. The van der Waals surface area contributed by atoms with E-state index in [2.05, 4.69) is 6.58 Å². The van der Waals surface area contributed by atoms with Gasteiger partial charge in [-0.3, -0.25) is 0 Å². The predicted octanol–water partition coefficient (Wildman–Crippen LogP) is 1.16. The van der Waals surface area contributed by atoms with Gasteiger partial charge in [0, 0.05) is 19.6 Å². The Hall–Kier alpha value is -1.52. The first kappa shape index (κ1) is 12.5. The van der Waals surface area contributed by atoms with Crippen LogP contribution in [0, 0.1) is 0 Å². The highest BCUT2D eigenvalue weighted by atomic mass is 16.4. The second kappa shape index (κ2) is 5.53. The number of likely N-dealkylation sites (N-methyl/N-ethyl adjacent to an activating group) is 1. The first-order chi connectivity index (χ1) is 7.61. The maximum atomic E-state index is 12.0. The van der Waals surface area contributed by atoms with Crippen molar-refractivity contribution in [1.29, 1.82) is 0 Å². The van der Waals surface area contributed by atoms with Crippen LogP contribution in [-0.2, 0) is 4.79 Å². The molecule has 0 spiro atoms. The van der Waals surface area contributed by atoms with E-state index in [0.717, 1.165) is 6.42 Å². The Morgan fingerprint density at radius 2 is 2.31 bits per heavy atom. The fourth-order valence-corrected chi connectivity index (χ4v) is 1.93. The number of amides is 2. The van der Waals surface area contributed by atoms with Crippen LogP contribution in [-0.4, -0.2) is 52.6 Å². The molecular formula is C11H18N2O3. The smallest absolute Gasteiger partial charge is 0.326 e. The van der Waals surface area contributed by atoms with E-state index in [1.54, 1.807) is 11.0 Å². The van der Waals surface area contributed by atoms with E-state index >= 15 is 0 Å². The van der Waals surface area contributed by atoms with E-state index in [-0.39, 0.29) is 6.03 Å². The fraction of sp³-hybridized carbons (Fsp3) is 0.636. The highest BCUT2D eigenvalue weighted by molar-refractivity contribution is 5.83. The van der Waals surface area contributed by atoms with Gasteiger partial charge in [0.05, 0.1) is 0 Å². The van der Waals surface area contributed by atoms with E-state index in [0.29, 0.717) is 26.1 Å². The number of carboxylic acid groups (broad SMARTS) is 1. The van der Waals surface area contributed by atoms with Crippen molar-refractivity contribution in [2.24, 2.45) is 0 Å². The summed E-state index contributed by atoms with van der Waals surface area (Å²) in [4.78, 5) is 26.0. The zero-order chi connectivity index (χ0) is 12.1. The molecule has 5 nitrogen and oxygen atoms in total. The second-order valence-corrected chi connectivity index (χ2v) is 3.80. The minimum atomic E-state index is -0.916. The van der Waals surface area contributed by atoms with Crippen LogP contribution in [0.2, 0.25) is 0 Å². The number of carboxylic acids is 1. The van der Waals surface area contributed by atoms with Crippen LogP contribution in [0.1, 0.15) is 19.8 Å². The standard InChI is InChI=1S/C11H18N2O3/c1-3-7-12(4-2)11(16)13-8-5-6-9(13)10(14)15/h3,9H,1,4-8H2,2H3,(H,14,15). The number of carbonyl (C=O) groups excluding carboxylic acids is 1. The van der Waals surface area contributed by atoms with Crippen LogP contribution in [0.3, 0.4) is 0 Å². The molecule has 1 unspecified atom stereocenters. The summed E-state index contributed by atoms with van der Waals surface area (Å²) in [7, 11) is 0. The van der Waals surface area contributed by atoms with Gasteiger partial charge in [-0.25, -0.2) is 9.59 Å². The lowest BCUT2D eigenvalue weighted by Gasteiger charge is -2.28. The van der Waals surface area contributed by atoms with Crippen molar-refractivity contribution in [2.45, 2.75) is 25.8 Å². The van der Waals surface area contributed by atoms with Crippen molar-refractivity contribution in [3.05, 3.63) is 12.7 Å². The van der Waals surface area contributed by atoms with E-state index < -0.39 is 12.0 Å². The molecule has 1 N–H and O–H groups in total. The number of hydrogen-bond acceptors (Lipinski definition) is 2. The number of carbonyl (C=O) groups is 2. The molecule has 90 valence electrons. The average molecular weight is 226 g/mol. The van der Waals surface area contributed by atoms with Crippen molar-refractivity contribution in [3.63, 3.8) is 0 Å². The van der Waals surface area contributed by atoms with Crippen LogP contribution >= 0.6 is 0 Å². The average Bonchev–Trinajstić information content (AvgIpc) is 2.73. The maximum Gasteiger partial charge on any atom is 0.326 e. The lowest BCUT2D eigenvalue weighted by Crippen LogP contribution is -2.48. The first-order valence-corrected chi connectivity index (χ1v) is 5.51. The molecule has 1 atom stereocenters. The molecule has 0 bridgehead atoms. The maximum absolute atomic E-state index is 12.0. The van der Waals surface area contributed by atoms with Gasteiger partial charge in [-0.2, -0.15) is 0 Å². The molecule has 16 heavy (non-hydrogen) atoms. The van der Waals surface area contributed by atoms with Crippen LogP contribution in [0.25, 0.3) is 0 Å². The highest BCUT2D eigenvalue weighted by Crippen LogP contribution is 2.19. The minimum absolute atomic E-state index is 0.202. The van der Waals surface area contributed by atoms with Crippen molar-refractivity contribution >= 4 is 12.0 Å². The fourth-order valence-electron chi connectivity index (χ4n) is 1.93. The summed E-state index contributed by atoms with van der Waals surface area (Å²) in [6.07, 6.45) is 2.95. The van der Waals surface area contributed by atoms with Crippen molar-refractivity contribution in [1.82, 2.24) is 9.80 Å². The highest BCUT2D eigenvalue weighted by Gasteiger charge is 2.35. The molecule has 0 aromatic carbocycles. The molecule has 0 saturated carbocycles. The summed E-state index contributed by atoms with van der Waals surface area (Å²) < 4.78 is 0. The van der Waals surface area contributed by atoms with E-state index in [9.17, 15) is 9.59 Å². The van der Waals surface area contributed by atoms with Crippen LogP contribution in [0.4, 0.5) is 4.79 Å². The largest absolute Gasteiger partial charge is 0.480 e. The predicted molar refractivity (Wildman–Crippen MR) is 60.2 cm³/mol. The van der Waals surface area contributed by atoms with Gasteiger partial charge in [0.15, 0.2) is 0 Å². The quantitative estimate of drug-likeness (QED) is 0.732. The molecule has 1 aliphatic heterocycles. The van der Waals surface area contributed by atoms with Gasteiger partial charge < -0.3 is 14.9 Å².